The zero-order valence-corrected chi connectivity index (χ0v) is 14.6. The van der Waals surface area contributed by atoms with Crippen LogP contribution in [-0.4, -0.2) is 12.5 Å². The van der Waals surface area contributed by atoms with Crippen LogP contribution >= 0.6 is 0 Å². The second-order valence-corrected chi connectivity index (χ2v) is 6.21. The van der Waals surface area contributed by atoms with Gasteiger partial charge in [-0.1, -0.05) is 35.9 Å². The highest BCUT2D eigenvalue weighted by molar-refractivity contribution is 5.78. The normalized spacial score (nSPS) is 11.9. The summed E-state index contributed by atoms with van der Waals surface area (Å²) >= 11 is 0. The molecule has 0 radical (unpaired) electrons. The third-order valence-electron chi connectivity index (χ3n) is 3.98. The van der Waals surface area contributed by atoms with Crippen LogP contribution in [0.4, 0.5) is 0 Å². The minimum Gasteiger partial charge on any atom is -0.483 e. The molecule has 0 spiro atoms. The summed E-state index contributed by atoms with van der Waals surface area (Å²) in [6.07, 6.45) is 0. The molecule has 3 nitrogen and oxygen atoms in total. The van der Waals surface area contributed by atoms with E-state index in [-0.39, 0.29) is 18.6 Å². The highest BCUT2D eigenvalue weighted by Crippen LogP contribution is 2.20. The molecular formula is C20H25NO2. The van der Waals surface area contributed by atoms with Crippen molar-refractivity contribution in [3.05, 3.63) is 64.2 Å². The van der Waals surface area contributed by atoms with Gasteiger partial charge in [0.15, 0.2) is 6.61 Å². The van der Waals surface area contributed by atoms with E-state index in [1.54, 1.807) is 0 Å². The van der Waals surface area contributed by atoms with E-state index in [1.807, 2.05) is 39.0 Å². The van der Waals surface area contributed by atoms with Crippen molar-refractivity contribution in [2.75, 3.05) is 6.61 Å². The van der Waals surface area contributed by atoms with Gasteiger partial charge in [-0.25, -0.2) is 0 Å². The summed E-state index contributed by atoms with van der Waals surface area (Å²) in [5, 5.41) is 3.00. The maximum absolute atomic E-state index is 12.2. The van der Waals surface area contributed by atoms with Crippen molar-refractivity contribution in [2.45, 2.75) is 40.7 Å². The summed E-state index contributed by atoms with van der Waals surface area (Å²) in [5.41, 5.74) is 5.67. The van der Waals surface area contributed by atoms with Gasteiger partial charge in [0.25, 0.3) is 5.91 Å². The Morgan fingerprint density at radius 1 is 1.00 bits per heavy atom. The largest absolute Gasteiger partial charge is 0.483 e. The molecule has 0 aromatic heterocycles. The number of hydrogen-bond donors (Lipinski definition) is 1. The van der Waals surface area contributed by atoms with Crippen molar-refractivity contribution < 1.29 is 9.53 Å². The third kappa shape index (κ3) is 4.59. The Labute approximate surface area is 138 Å². The first kappa shape index (κ1) is 17.1. The third-order valence-corrected chi connectivity index (χ3v) is 3.98. The van der Waals surface area contributed by atoms with E-state index in [4.69, 9.17) is 4.74 Å². The first-order valence-corrected chi connectivity index (χ1v) is 7.93. The molecule has 1 atom stereocenters. The van der Waals surface area contributed by atoms with Crippen molar-refractivity contribution in [1.29, 1.82) is 0 Å². The molecule has 0 fully saturated rings. The van der Waals surface area contributed by atoms with Crippen molar-refractivity contribution >= 4 is 5.91 Å². The number of benzene rings is 2. The summed E-state index contributed by atoms with van der Waals surface area (Å²) in [7, 11) is 0. The Morgan fingerprint density at radius 2 is 1.61 bits per heavy atom. The van der Waals surface area contributed by atoms with Crippen molar-refractivity contribution in [1.82, 2.24) is 5.32 Å². The molecule has 0 aliphatic heterocycles. The van der Waals surface area contributed by atoms with Crippen LogP contribution in [0.5, 0.6) is 5.75 Å². The minimum atomic E-state index is -0.112. The van der Waals surface area contributed by atoms with Gasteiger partial charge >= 0.3 is 0 Å². The Kier molecular flexibility index (Phi) is 5.43. The van der Waals surface area contributed by atoms with E-state index in [0.29, 0.717) is 0 Å². The van der Waals surface area contributed by atoms with Crippen LogP contribution in [-0.2, 0) is 4.79 Å². The average molecular weight is 311 g/mol. The highest BCUT2D eigenvalue weighted by Gasteiger charge is 2.13. The molecule has 1 amide bonds. The minimum absolute atomic E-state index is 0.0273. The zero-order chi connectivity index (χ0) is 17.0. The van der Waals surface area contributed by atoms with Crippen LogP contribution < -0.4 is 10.1 Å². The predicted molar refractivity (Wildman–Crippen MR) is 93.9 cm³/mol. The molecule has 0 saturated carbocycles. The molecule has 0 saturated heterocycles. The fourth-order valence-electron chi connectivity index (χ4n) is 2.59. The molecule has 122 valence electrons. The molecule has 0 aliphatic rings. The van der Waals surface area contributed by atoms with E-state index >= 15 is 0 Å². The summed E-state index contributed by atoms with van der Waals surface area (Å²) in [5.74, 6) is 0.652. The molecule has 3 heteroatoms. The second-order valence-electron chi connectivity index (χ2n) is 6.21. The van der Waals surface area contributed by atoms with Gasteiger partial charge in [-0.05, 0) is 62.9 Å². The van der Waals surface area contributed by atoms with Gasteiger partial charge in [0.05, 0.1) is 6.04 Å². The molecule has 23 heavy (non-hydrogen) atoms. The zero-order valence-electron chi connectivity index (χ0n) is 14.6. The maximum Gasteiger partial charge on any atom is 0.258 e. The number of ether oxygens (including phenoxy) is 1. The number of carbonyl (C=O) groups excluding carboxylic acids is 1. The number of nitrogens with one attached hydrogen (secondary N) is 1. The van der Waals surface area contributed by atoms with Crippen LogP contribution in [0.3, 0.4) is 0 Å². The second kappa shape index (κ2) is 7.32. The lowest BCUT2D eigenvalue weighted by Crippen LogP contribution is -2.31. The molecule has 1 N–H and O–H groups in total. The Bertz CT molecular complexity index is 707. The molecule has 0 heterocycles. The molecule has 0 unspecified atom stereocenters. The summed E-state index contributed by atoms with van der Waals surface area (Å²) in [6.45, 7) is 10.1. The Balaban J connectivity index is 1.96. The molecule has 0 aliphatic carbocycles. The van der Waals surface area contributed by atoms with E-state index in [1.165, 1.54) is 11.1 Å². The van der Waals surface area contributed by atoms with Crippen molar-refractivity contribution in [3.63, 3.8) is 0 Å². The summed E-state index contributed by atoms with van der Waals surface area (Å²) < 4.78 is 5.66. The number of hydrogen-bond acceptors (Lipinski definition) is 2. The van der Waals surface area contributed by atoms with Crippen molar-refractivity contribution in [3.8, 4) is 5.75 Å². The van der Waals surface area contributed by atoms with Crippen LogP contribution in [0.15, 0.2) is 36.4 Å². The van der Waals surface area contributed by atoms with E-state index in [2.05, 4.69) is 37.4 Å². The van der Waals surface area contributed by atoms with E-state index in [0.717, 1.165) is 22.4 Å². The Morgan fingerprint density at radius 3 is 2.30 bits per heavy atom. The number of rotatable bonds is 5. The molecule has 2 aromatic carbocycles. The fourth-order valence-corrected chi connectivity index (χ4v) is 2.59. The van der Waals surface area contributed by atoms with Gasteiger partial charge in [0.2, 0.25) is 0 Å². The average Bonchev–Trinajstić information content (AvgIpc) is 2.50. The molecule has 2 aromatic rings. The predicted octanol–water partition coefficient (Wildman–Crippen LogP) is 4.18. The van der Waals surface area contributed by atoms with E-state index in [9.17, 15) is 4.79 Å². The first-order chi connectivity index (χ1) is 10.9. The van der Waals surface area contributed by atoms with Gasteiger partial charge in [0.1, 0.15) is 5.75 Å². The lowest BCUT2D eigenvalue weighted by molar-refractivity contribution is -0.123. The molecule has 2 rings (SSSR count). The standard InChI is InChI=1S/C20H25NO2/c1-13-6-8-15(3)18(10-13)17(5)21-20(22)12-23-19-11-14(2)7-9-16(19)4/h6-11,17H,12H2,1-5H3,(H,21,22)/t17-/m1/s1. The van der Waals surface area contributed by atoms with Crippen LogP contribution in [0.1, 0.15) is 40.8 Å². The van der Waals surface area contributed by atoms with Crippen LogP contribution in [0.25, 0.3) is 0 Å². The van der Waals surface area contributed by atoms with Crippen molar-refractivity contribution in [2.24, 2.45) is 0 Å². The molecular weight excluding hydrogens is 286 g/mol. The maximum atomic E-state index is 12.2. The smallest absolute Gasteiger partial charge is 0.258 e. The number of amides is 1. The lowest BCUT2D eigenvalue weighted by atomic mass is 10.00. The Hall–Kier alpha value is -2.29. The van der Waals surface area contributed by atoms with Gasteiger partial charge in [-0.15, -0.1) is 0 Å². The summed E-state index contributed by atoms with van der Waals surface area (Å²) in [4.78, 5) is 12.2. The number of carbonyl (C=O) groups is 1. The highest BCUT2D eigenvalue weighted by atomic mass is 16.5. The summed E-state index contributed by atoms with van der Waals surface area (Å²) in [6, 6.07) is 12.2. The monoisotopic (exact) mass is 311 g/mol. The lowest BCUT2D eigenvalue weighted by Gasteiger charge is -2.18. The van der Waals surface area contributed by atoms with E-state index < -0.39 is 0 Å². The quantitative estimate of drug-likeness (QED) is 0.899. The van der Waals surface area contributed by atoms with Gasteiger partial charge in [-0.3, -0.25) is 4.79 Å². The topological polar surface area (TPSA) is 38.3 Å². The van der Waals surface area contributed by atoms with Gasteiger partial charge in [0, 0.05) is 0 Å². The molecule has 0 bridgehead atoms. The SMILES string of the molecule is Cc1ccc(C)c(OCC(=O)N[C@H](C)c2cc(C)ccc2C)c1. The number of aryl methyl sites for hydroxylation is 4. The van der Waals surface area contributed by atoms with Gasteiger partial charge in [-0.2, -0.15) is 0 Å². The van der Waals surface area contributed by atoms with Crippen LogP contribution in [0.2, 0.25) is 0 Å². The first-order valence-electron chi connectivity index (χ1n) is 7.93. The fraction of sp³-hybridized carbons (Fsp3) is 0.350. The van der Waals surface area contributed by atoms with Crippen LogP contribution in [0, 0.1) is 27.7 Å². The van der Waals surface area contributed by atoms with Gasteiger partial charge < -0.3 is 10.1 Å².